The zero-order valence-corrected chi connectivity index (χ0v) is 13.1. The smallest absolute Gasteiger partial charge is 0.147 e. The number of hydrogen-bond donors (Lipinski definition) is 1. The van der Waals surface area contributed by atoms with E-state index in [0.29, 0.717) is 39.5 Å². The van der Waals surface area contributed by atoms with Gasteiger partial charge in [-0.05, 0) is 30.3 Å². The maximum atomic E-state index is 13.9. The lowest BCUT2D eigenvalue weighted by molar-refractivity contribution is 0.274. The number of rotatable bonds is 2. The van der Waals surface area contributed by atoms with Crippen LogP contribution >= 0.6 is 34.8 Å². The second kappa shape index (κ2) is 5.91. The van der Waals surface area contributed by atoms with E-state index in [1.807, 2.05) is 0 Å². The fourth-order valence-electron chi connectivity index (χ4n) is 2.37. The summed E-state index contributed by atoms with van der Waals surface area (Å²) >= 11 is 17.9. The molecule has 0 aliphatic carbocycles. The third-order valence-electron chi connectivity index (χ3n) is 3.33. The molecule has 2 aromatic rings. The summed E-state index contributed by atoms with van der Waals surface area (Å²) in [7, 11) is 0. The Kier molecular flexibility index (Phi) is 4.16. The van der Waals surface area contributed by atoms with E-state index in [1.165, 1.54) is 6.07 Å². The van der Waals surface area contributed by atoms with Gasteiger partial charge in [-0.3, -0.25) is 0 Å². The first kappa shape index (κ1) is 14.8. The van der Waals surface area contributed by atoms with Gasteiger partial charge in [0.1, 0.15) is 11.6 Å². The number of ether oxygens (including phenoxy) is 1. The number of fused-ring (bicyclic) bond motifs is 1. The lowest BCUT2D eigenvalue weighted by Crippen LogP contribution is -2.21. The molecular weight excluding hydrogens is 336 g/mol. The van der Waals surface area contributed by atoms with Gasteiger partial charge in [0.2, 0.25) is 0 Å². The van der Waals surface area contributed by atoms with E-state index in [2.05, 4.69) is 5.32 Å². The van der Waals surface area contributed by atoms with Crippen molar-refractivity contribution in [3.05, 3.63) is 56.8 Å². The monoisotopic (exact) mass is 345 g/mol. The van der Waals surface area contributed by atoms with Gasteiger partial charge in [0, 0.05) is 22.0 Å². The van der Waals surface area contributed by atoms with Crippen LogP contribution in [-0.2, 0) is 0 Å². The third-order valence-corrected chi connectivity index (χ3v) is 4.06. The molecule has 0 saturated carbocycles. The molecule has 21 heavy (non-hydrogen) atoms. The number of hydrogen-bond acceptors (Lipinski definition) is 2. The molecule has 2 nitrogen and oxygen atoms in total. The molecule has 0 saturated heterocycles. The molecule has 1 unspecified atom stereocenters. The summed E-state index contributed by atoms with van der Waals surface area (Å²) in [6.45, 7) is 0.501. The molecule has 0 amide bonds. The van der Waals surface area contributed by atoms with E-state index < -0.39 is 5.82 Å². The maximum Gasteiger partial charge on any atom is 0.147 e. The molecule has 1 aliphatic heterocycles. The van der Waals surface area contributed by atoms with E-state index >= 15 is 0 Å². The second-order valence-electron chi connectivity index (χ2n) is 4.76. The Labute approximate surface area is 136 Å². The molecular formula is C15H11Cl3FNO. The van der Waals surface area contributed by atoms with Crippen LogP contribution in [0.25, 0.3) is 0 Å². The van der Waals surface area contributed by atoms with Gasteiger partial charge in [-0.1, -0.05) is 34.8 Å². The number of anilines is 1. The summed E-state index contributed by atoms with van der Waals surface area (Å²) in [6, 6.07) is 7.81. The van der Waals surface area contributed by atoms with Crippen molar-refractivity contribution in [2.45, 2.75) is 12.5 Å². The lowest BCUT2D eigenvalue weighted by atomic mass is 10.00. The van der Waals surface area contributed by atoms with Gasteiger partial charge >= 0.3 is 0 Å². The SMILES string of the molecule is Fc1cc(Cl)ccc1NC1CCOc2c(Cl)cc(Cl)cc21. The van der Waals surface area contributed by atoms with Crippen molar-refractivity contribution in [3.63, 3.8) is 0 Å². The third kappa shape index (κ3) is 3.05. The fourth-order valence-corrected chi connectivity index (χ4v) is 3.09. The predicted octanol–water partition coefficient (Wildman–Crippen LogP) is 5.72. The Morgan fingerprint density at radius 1 is 1.10 bits per heavy atom. The zero-order valence-electron chi connectivity index (χ0n) is 10.8. The number of benzene rings is 2. The maximum absolute atomic E-state index is 13.9. The minimum atomic E-state index is -0.399. The number of nitrogens with one attached hydrogen (secondary N) is 1. The number of halogens is 4. The van der Waals surface area contributed by atoms with Crippen molar-refractivity contribution >= 4 is 40.5 Å². The van der Waals surface area contributed by atoms with Crippen LogP contribution in [0, 0.1) is 5.82 Å². The summed E-state index contributed by atoms with van der Waals surface area (Å²) < 4.78 is 19.5. The Morgan fingerprint density at radius 3 is 2.67 bits per heavy atom. The van der Waals surface area contributed by atoms with E-state index in [9.17, 15) is 4.39 Å². The fraction of sp³-hybridized carbons (Fsp3) is 0.200. The second-order valence-corrected chi connectivity index (χ2v) is 6.04. The zero-order chi connectivity index (χ0) is 15.0. The van der Waals surface area contributed by atoms with E-state index in [0.717, 1.165) is 5.56 Å². The topological polar surface area (TPSA) is 21.3 Å². The molecule has 0 spiro atoms. The van der Waals surface area contributed by atoms with E-state index in [1.54, 1.807) is 24.3 Å². The highest BCUT2D eigenvalue weighted by atomic mass is 35.5. The summed E-state index contributed by atoms with van der Waals surface area (Å²) in [5.74, 6) is 0.197. The van der Waals surface area contributed by atoms with Crippen molar-refractivity contribution in [2.24, 2.45) is 0 Å². The highest BCUT2D eigenvalue weighted by Crippen LogP contribution is 2.41. The average molecular weight is 347 g/mol. The minimum Gasteiger partial charge on any atom is -0.492 e. The molecule has 0 fully saturated rings. The van der Waals surface area contributed by atoms with Gasteiger partial charge < -0.3 is 10.1 Å². The average Bonchev–Trinajstić information content (AvgIpc) is 2.42. The molecule has 2 aromatic carbocycles. The van der Waals surface area contributed by atoms with Crippen molar-refractivity contribution in [2.75, 3.05) is 11.9 Å². The standard InChI is InChI=1S/C15H11Cl3FNO/c16-8-1-2-14(12(19)7-8)20-13-3-4-21-15-10(13)5-9(17)6-11(15)18/h1-2,5-7,13,20H,3-4H2. The first-order chi connectivity index (χ1) is 10.0. The van der Waals surface area contributed by atoms with Gasteiger partial charge in [0.15, 0.2) is 0 Å². The van der Waals surface area contributed by atoms with Crippen LogP contribution in [0.1, 0.15) is 18.0 Å². The molecule has 0 radical (unpaired) electrons. The molecule has 1 heterocycles. The molecule has 6 heteroatoms. The largest absolute Gasteiger partial charge is 0.492 e. The summed E-state index contributed by atoms with van der Waals surface area (Å²) in [5.41, 5.74) is 1.21. The van der Waals surface area contributed by atoms with Gasteiger partial charge in [0.05, 0.1) is 23.4 Å². The van der Waals surface area contributed by atoms with Crippen LogP contribution in [0.15, 0.2) is 30.3 Å². The van der Waals surface area contributed by atoms with Crippen molar-refractivity contribution in [3.8, 4) is 5.75 Å². The Balaban J connectivity index is 1.95. The molecule has 0 aromatic heterocycles. The highest BCUT2D eigenvalue weighted by Gasteiger charge is 2.25. The normalized spacial score (nSPS) is 17.0. The summed E-state index contributed by atoms with van der Waals surface area (Å²) in [4.78, 5) is 0. The van der Waals surface area contributed by atoms with Crippen molar-refractivity contribution in [1.82, 2.24) is 0 Å². The quantitative estimate of drug-likeness (QED) is 0.750. The Hall–Kier alpha value is -1.16. The van der Waals surface area contributed by atoms with E-state index in [4.69, 9.17) is 39.5 Å². The van der Waals surface area contributed by atoms with Gasteiger partial charge in [0.25, 0.3) is 0 Å². The van der Waals surface area contributed by atoms with Crippen LogP contribution in [0.2, 0.25) is 15.1 Å². The van der Waals surface area contributed by atoms with Gasteiger partial charge in [-0.15, -0.1) is 0 Å². The van der Waals surface area contributed by atoms with Crippen LogP contribution in [-0.4, -0.2) is 6.61 Å². The molecule has 1 N–H and O–H groups in total. The molecule has 0 bridgehead atoms. The molecule has 1 atom stereocenters. The molecule has 1 aliphatic rings. The van der Waals surface area contributed by atoms with Crippen LogP contribution in [0.3, 0.4) is 0 Å². The first-order valence-corrected chi connectivity index (χ1v) is 7.51. The Bertz CT molecular complexity index is 693. The van der Waals surface area contributed by atoms with Gasteiger partial charge in [-0.2, -0.15) is 0 Å². The van der Waals surface area contributed by atoms with Crippen molar-refractivity contribution in [1.29, 1.82) is 0 Å². The van der Waals surface area contributed by atoms with Crippen LogP contribution < -0.4 is 10.1 Å². The molecule has 110 valence electrons. The molecule has 3 rings (SSSR count). The summed E-state index contributed by atoms with van der Waals surface area (Å²) in [6.07, 6.45) is 0.686. The summed E-state index contributed by atoms with van der Waals surface area (Å²) in [5, 5.41) is 4.49. The Morgan fingerprint density at radius 2 is 1.90 bits per heavy atom. The van der Waals surface area contributed by atoms with Crippen molar-refractivity contribution < 1.29 is 9.13 Å². The van der Waals surface area contributed by atoms with Crippen LogP contribution in [0.4, 0.5) is 10.1 Å². The predicted molar refractivity (Wildman–Crippen MR) is 84.3 cm³/mol. The van der Waals surface area contributed by atoms with E-state index in [-0.39, 0.29) is 6.04 Å². The lowest BCUT2D eigenvalue weighted by Gasteiger charge is -2.28. The van der Waals surface area contributed by atoms with Crippen LogP contribution in [0.5, 0.6) is 5.75 Å². The minimum absolute atomic E-state index is 0.124. The highest BCUT2D eigenvalue weighted by molar-refractivity contribution is 6.35. The first-order valence-electron chi connectivity index (χ1n) is 6.38. The van der Waals surface area contributed by atoms with Gasteiger partial charge in [-0.25, -0.2) is 4.39 Å².